The standard InChI is InChI=1S/C11H20N4OS/c1-4-13-10(16)7-17-11(8(2)12)9-5-14-15(3)6-9/h5-6,8,11H,4,7,12H2,1-3H3,(H,13,16). The molecule has 0 radical (unpaired) electrons. The van der Waals surface area contributed by atoms with E-state index in [4.69, 9.17) is 5.73 Å². The van der Waals surface area contributed by atoms with Crippen LogP contribution in [0.2, 0.25) is 0 Å². The van der Waals surface area contributed by atoms with E-state index in [1.807, 2.05) is 27.1 Å². The fraction of sp³-hybridized carbons (Fsp3) is 0.636. The SMILES string of the molecule is CCNC(=O)CSC(c1cnn(C)c1)C(C)N. The van der Waals surface area contributed by atoms with Crippen molar-refractivity contribution < 1.29 is 4.79 Å². The van der Waals surface area contributed by atoms with E-state index >= 15 is 0 Å². The van der Waals surface area contributed by atoms with E-state index in [2.05, 4.69) is 10.4 Å². The highest BCUT2D eigenvalue weighted by Crippen LogP contribution is 2.30. The maximum Gasteiger partial charge on any atom is 0.230 e. The second-order valence-corrected chi connectivity index (χ2v) is 5.12. The molecule has 5 nitrogen and oxygen atoms in total. The minimum atomic E-state index is -0.0152. The van der Waals surface area contributed by atoms with Gasteiger partial charge in [-0.3, -0.25) is 9.48 Å². The molecule has 96 valence electrons. The van der Waals surface area contributed by atoms with Gasteiger partial charge in [0.2, 0.25) is 5.91 Å². The van der Waals surface area contributed by atoms with Crippen molar-refractivity contribution in [3.63, 3.8) is 0 Å². The van der Waals surface area contributed by atoms with Crippen LogP contribution < -0.4 is 11.1 Å². The molecule has 0 fully saturated rings. The first-order valence-corrected chi connectivity index (χ1v) is 6.72. The molecule has 3 N–H and O–H groups in total. The number of thioether (sulfide) groups is 1. The molecule has 0 saturated carbocycles. The zero-order valence-electron chi connectivity index (χ0n) is 10.5. The lowest BCUT2D eigenvalue weighted by Crippen LogP contribution is -2.27. The van der Waals surface area contributed by atoms with Crippen LogP contribution in [0.25, 0.3) is 0 Å². The van der Waals surface area contributed by atoms with Gasteiger partial charge in [-0.15, -0.1) is 11.8 Å². The second kappa shape index (κ2) is 6.66. The summed E-state index contributed by atoms with van der Waals surface area (Å²) in [4.78, 5) is 11.4. The highest BCUT2D eigenvalue weighted by atomic mass is 32.2. The quantitative estimate of drug-likeness (QED) is 0.785. The van der Waals surface area contributed by atoms with Crippen molar-refractivity contribution in [3.8, 4) is 0 Å². The molecular weight excluding hydrogens is 236 g/mol. The molecule has 0 saturated heterocycles. The van der Waals surface area contributed by atoms with Gasteiger partial charge in [0.1, 0.15) is 0 Å². The van der Waals surface area contributed by atoms with E-state index in [1.165, 1.54) is 0 Å². The van der Waals surface area contributed by atoms with Crippen molar-refractivity contribution >= 4 is 17.7 Å². The molecule has 0 spiro atoms. The Balaban J connectivity index is 2.58. The lowest BCUT2D eigenvalue weighted by atomic mass is 10.1. The maximum atomic E-state index is 11.4. The first kappa shape index (κ1) is 14.1. The molecule has 2 unspecified atom stereocenters. The number of carbonyl (C=O) groups is 1. The molecule has 2 atom stereocenters. The molecular formula is C11H20N4OS. The van der Waals surface area contributed by atoms with Crippen LogP contribution in [0.5, 0.6) is 0 Å². The van der Waals surface area contributed by atoms with Gasteiger partial charge in [0.25, 0.3) is 0 Å². The lowest BCUT2D eigenvalue weighted by Gasteiger charge is -2.18. The molecule has 0 bridgehead atoms. The van der Waals surface area contributed by atoms with Crippen LogP contribution in [0.15, 0.2) is 12.4 Å². The number of rotatable bonds is 6. The summed E-state index contributed by atoms with van der Waals surface area (Å²) >= 11 is 1.55. The summed E-state index contributed by atoms with van der Waals surface area (Å²) in [6.07, 6.45) is 3.75. The highest BCUT2D eigenvalue weighted by Gasteiger charge is 2.19. The predicted octanol–water partition coefficient (Wildman–Crippen LogP) is 0.678. The summed E-state index contributed by atoms with van der Waals surface area (Å²) in [7, 11) is 1.87. The minimum Gasteiger partial charge on any atom is -0.356 e. The van der Waals surface area contributed by atoms with Gasteiger partial charge in [0.15, 0.2) is 0 Å². The van der Waals surface area contributed by atoms with Gasteiger partial charge < -0.3 is 11.1 Å². The molecule has 1 aromatic heterocycles. The smallest absolute Gasteiger partial charge is 0.230 e. The van der Waals surface area contributed by atoms with Gasteiger partial charge in [-0.1, -0.05) is 0 Å². The van der Waals surface area contributed by atoms with Crippen LogP contribution in [0.1, 0.15) is 24.7 Å². The fourth-order valence-corrected chi connectivity index (χ4v) is 2.60. The van der Waals surface area contributed by atoms with Gasteiger partial charge in [0.05, 0.1) is 11.9 Å². The topological polar surface area (TPSA) is 72.9 Å². The van der Waals surface area contributed by atoms with Crippen LogP contribution in [0.3, 0.4) is 0 Å². The molecule has 1 amide bonds. The number of aryl methyl sites for hydroxylation is 1. The first-order valence-electron chi connectivity index (χ1n) is 5.67. The van der Waals surface area contributed by atoms with E-state index in [-0.39, 0.29) is 17.2 Å². The Labute approximate surface area is 106 Å². The summed E-state index contributed by atoms with van der Waals surface area (Å²) in [5.41, 5.74) is 7.02. The Hall–Kier alpha value is -1.01. The number of nitrogens with one attached hydrogen (secondary N) is 1. The molecule has 0 aliphatic carbocycles. The van der Waals surface area contributed by atoms with Crippen LogP contribution in [0, 0.1) is 0 Å². The van der Waals surface area contributed by atoms with Crippen molar-refractivity contribution in [1.29, 1.82) is 0 Å². The summed E-state index contributed by atoms with van der Waals surface area (Å²) in [5.74, 6) is 0.474. The number of amides is 1. The predicted molar refractivity (Wildman–Crippen MR) is 70.7 cm³/mol. The zero-order valence-corrected chi connectivity index (χ0v) is 11.3. The Morgan fingerprint density at radius 2 is 2.41 bits per heavy atom. The minimum absolute atomic E-state index is 0.0152. The molecule has 0 aliphatic heterocycles. The summed E-state index contributed by atoms with van der Waals surface area (Å²) in [5, 5.41) is 7.01. The fourth-order valence-electron chi connectivity index (χ4n) is 1.55. The molecule has 1 aromatic rings. The monoisotopic (exact) mass is 256 g/mol. The summed E-state index contributed by atoms with van der Waals surface area (Å²) < 4.78 is 1.75. The van der Waals surface area contributed by atoms with E-state index in [1.54, 1.807) is 22.6 Å². The molecule has 6 heteroatoms. The Kier molecular flexibility index (Phi) is 5.50. The molecule has 17 heavy (non-hydrogen) atoms. The van der Waals surface area contributed by atoms with Gasteiger partial charge in [0, 0.05) is 36.6 Å². The Morgan fingerprint density at radius 3 is 2.88 bits per heavy atom. The summed E-state index contributed by atoms with van der Waals surface area (Å²) in [6, 6.07) is -0.0152. The van der Waals surface area contributed by atoms with Gasteiger partial charge >= 0.3 is 0 Å². The molecule has 1 rings (SSSR count). The van der Waals surface area contributed by atoms with Gasteiger partial charge in [-0.25, -0.2) is 0 Å². The van der Waals surface area contributed by atoms with E-state index in [0.29, 0.717) is 12.3 Å². The molecule has 0 aromatic carbocycles. The van der Waals surface area contributed by atoms with Gasteiger partial charge in [-0.05, 0) is 13.8 Å². The van der Waals surface area contributed by atoms with Crippen molar-refractivity contribution in [2.45, 2.75) is 25.1 Å². The number of carbonyl (C=O) groups excluding carboxylic acids is 1. The van der Waals surface area contributed by atoms with E-state index < -0.39 is 0 Å². The van der Waals surface area contributed by atoms with Crippen molar-refractivity contribution in [1.82, 2.24) is 15.1 Å². The number of hydrogen-bond donors (Lipinski definition) is 2. The summed E-state index contributed by atoms with van der Waals surface area (Å²) in [6.45, 7) is 4.52. The van der Waals surface area contributed by atoms with Crippen molar-refractivity contribution in [3.05, 3.63) is 18.0 Å². The normalized spacial score (nSPS) is 14.4. The van der Waals surface area contributed by atoms with Crippen LogP contribution >= 0.6 is 11.8 Å². The van der Waals surface area contributed by atoms with E-state index in [9.17, 15) is 4.79 Å². The number of nitrogens with zero attached hydrogens (tertiary/aromatic N) is 2. The average molecular weight is 256 g/mol. The Bertz CT molecular complexity index is 364. The first-order chi connectivity index (χ1) is 8.04. The van der Waals surface area contributed by atoms with Gasteiger partial charge in [-0.2, -0.15) is 5.10 Å². The van der Waals surface area contributed by atoms with E-state index in [0.717, 1.165) is 5.56 Å². The van der Waals surface area contributed by atoms with Crippen LogP contribution in [0.4, 0.5) is 0 Å². The lowest BCUT2D eigenvalue weighted by molar-refractivity contribution is -0.118. The number of nitrogens with two attached hydrogens (primary N) is 1. The third-order valence-electron chi connectivity index (χ3n) is 2.30. The van der Waals surface area contributed by atoms with Crippen LogP contribution in [-0.2, 0) is 11.8 Å². The number of hydrogen-bond acceptors (Lipinski definition) is 4. The third-order valence-corrected chi connectivity index (χ3v) is 3.79. The molecule has 1 heterocycles. The second-order valence-electron chi connectivity index (χ2n) is 3.99. The maximum absolute atomic E-state index is 11.4. The largest absolute Gasteiger partial charge is 0.356 e. The van der Waals surface area contributed by atoms with Crippen LogP contribution in [-0.4, -0.2) is 34.0 Å². The average Bonchev–Trinajstić information content (AvgIpc) is 2.65. The van der Waals surface area contributed by atoms with Crippen molar-refractivity contribution in [2.75, 3.05) is 12.3 Å². The number of aromatic nitrogens is 2. The Morgan fingerprint density at radius 1 is 1.71 bits per heavy atom. The molecule has 0 aliphatic rings. The third kappa shape index (κ3) is 4.40. The zero-order chi connectivity index (χ0) is 12.8. The van der Waals surface area contributed by atoms with Crippen molar-refractivity contribution in [2.24, 2.45) is 12.8 Å². The highest BCUT2D eigenvalue weighted by molar-refractivity contribution is 8.00.